The van der Waals surface area contributed by atoms with Gasteiger partial charge in [-0.25, -0.2) is 9.86 Å². The van der Waals surface area contributed by atoms with E-state index in [2.05, 4.69) is 0 Å². The van der Waals surface area contributed by atoms with Gasteiger partial charge in [0.15, 0.2) is 0 Å². The number of carbonyl (C=O) groups excluding carboxylic acids is 1. The van der Waals surface area contributed by atoms with Gasteiger partial charge in [-0.1, -0.05) is 18.2 Å². The van der Waals surface area contributed by atoms with Gasteiger partial charge in [-0.2, -0.15) is 0 Å². The van der Waals surface area contributed by atoms with Crippen LogP contribution in [-0.2, 0) is 6.42 Å². The van der Waals surface area contributed by atoms with Gasteiger partial charge in [0.2, 0.25) is 0 Å². The summed E-state index contributed by atoms with van der Waals surface area (Å²) in [4.78, 5) is 10.6. The first-order valence-electron chi connectivity index (χ1n) is 4.89. The Morgan fingerprint density at radius 1 is 1.47 bits per heavy atom. The molecule has 1 aromatic carbocycles. The predicted octanol–water partition coefficient (Wildman–Crippen LogP) is -1.14. The molecule has 86 valence electrons. The van der Waals surface area contributed by atoms with Gasteiger partial charge in [-0.3, -0.25) is 5.21 Å². The van der Waals surface area contributed by atoms with Gasteiger partial charge in [0.1, 0.15) is 5.58 Å². The molecule has 0 spiro atoms. The number of para-hydroxylation sites is 1. The van der Waals surface area contributed by atoms with Gasteiger partial charge < -0.3 is 11.6 Å². The van der Waals surface area contributed by atoms with Gasteiger partial charge in [0.25, 0.3) is 0 Å². The molecule has 0 fully saturated rings. The van der Waals surface area contributed by atoms with Crippen LogP contribution in [0.5, 0.6) is 0 Å². The van der Waals surface area contributed by atoms with E-state index in [1.807, 2.05) is 24.3 Å². The molecule has 2 amide bonds. The molecule has 6 heteroatoms. The number of nitrogens with two attached hydrogens (primary N) is 1. The molecule has 17 heavy (non-hydrogen) atoms. The molecule has 2 rings (SSSR count). The minimum atomic E-state index is -0.854. The summed E-state index contributed by atoms with van der Waals surface area (Å²) in [6.07, 6.45) is 2.12. The van der Waals surface area contributed by atoms with Crippen molar-refractivity contribution in [3.63, 3.8) is 0 Å². The number of fused-ring (bicyclic) bond motifs is 1. The van der Waals surface area contributed by atoms with Crippen molar-refractivity contribution >= 4 is 17.0 Å². The van der Waals surface area contributed by atoms with Gasteiger partial charge >= 0.3 is 35.6 Å². The van der Waals surface area contributed by atoms with Crippen LogP contribution in [0.2, 0.25) is 0 Å². The van der Waals surface area contributed by atoms with Crippen LogP contribution in [0.15, 0.2) is 34.9 Å². The molecule has 5 nitrogen and oxygen atoms in total. The number of hydrogen-bond donors (Lipinski definition) is 2. The second-order valence-electron chi connectivity index (χ2n) is 3.47. The number of rotatable bonds is 3. The molecular weight excluding hydrogens is 231 g/mol. The Morgan fingerprint density at radius 3 is 2.88 bits per heavy atom. The maximum absolute atomic E-state index is 10.6. The Kier molecular flexibility index (Phi) is 5.02. The molecule has 0 aliphatic heterocycles. The van der Waals surface area contributed by atoms with Crippen LogP contribution in [0.1, 0.15) is 6.99 Å². The number of carbonyl (C=O) groups is 1. The third-order valence-electron chi connectivity index (χ3n) is 2.41. The first-order valence-corrected chi connectivity index (χ1v) is 4.89. The normalized spacial score (nSPS) is 9.94. The summed E-state index contributed by atoms with van der Waals surface area (Å²) in [7, 11) is 0. The van der Waals surface area contributed by atoms with E-state index in [4.69, 9.17) is 15.4 Å². The zero-order chi connectivity index (χ0) is 11.5. The number of urea groups is 1. The van der Waals surface area contributed by atoms with Gasteiger partial charge in [-0.15, -0.1) is 0 Å². The zero-order valence-corrected chi connectivity index (χ0v) is 11.6. The fraction of sp³-hybridized carbons (Fsp3) is 0.182. The molecule has 0 atom stereocenters. The molecule has 0 radical (unpaired) electrons. The number of nitrogens with zero attached hydrogens (tertiary/aromatic N) is 1. The van der Waals surface area contributed by atoms with Crippen LogP contribution >= 0.6 is 0 Å². The average Bonchev–Trinajstić information content (AvgIpc) is 2.69. The summed E-state index contributed by atoms with van der Waals surface area (Å²) in [6, 6.07) is 6.74. The number of amides is 2. The van der Waals surface area contributed by atoms with Crippen molar-refractivity contribution in [1.82, 2.24) is 5.06 Å². The second kappa shape index (κ2) is 6.07. The van der Waals surface area contributed by atoms with Crippen LogP contribution in [0.25, 0.3) is 11.0 Å². The van der Waals surface area contributed by atoms with Gasteiger partial charge in [-0.05, 0) is 12.5 Å². The Labute approximate surface area is 122 Å². The molecule has 0 aliphatic carbocycles. The second-order valence-corrected chi connectivity index (χ2v) is 3.47. The van der Waals surface area contributed by atoms with E-state index in [-0.39, 0.29) is 37.5 Å². The van der Waals surface area contributed by atoms with Gasteiger partial charge in [0.05, 0.1) is 12.8 Å². The molecule has 0 saturated carbocycles. The van der Waals surface area contributed by atoms with Gasteiger partial charge in [0, 0.05) is 10.9 Å². The summed E-state index contributed by atoms with van der Waals surface area (Å²) in [6.45, 7) is 0.152. The summed E-state index contributed by atoms with van der Waals surface area (Å²) in [5.41, 5.74) is 6.63. The van der Waals surface area contributed by atoms with Crippen LogP contribution in [0.4, 0.5) is 4.79 Å². The smallest absolute Gasteiger partial charge is 1.00 e. The quantitative estimate of drug-likeness (QED) is 0.407. The van der Waals surface area contributed by atoms with Crippen molar-refractivity contribution in [3.05, 3.63) is 36.1 Å². The molecule has 0 bridgehead atoms. The molecule has 3 N–H and O–H groups in total. The molecule has 0 aliphatic rings. The van der Waals surface area contributed by atoms with E-state index in [0.717, 1.165) is 16.5 Å². The number of hydrogen-bond acceptors (Lipinski definition) is 3. The number of hydroxylamine groups is 2. The summed E-state index contributed by atoms with van der Waals surface area (Å²) in [5.74, 6) is 0. The van der Waals surface area contributed by atoms with Crippen LogP contribution < -0.4 is 35.3 Å². The first-order chi connectivity index (χ1) is 7.68. The monoisotopic (exact) mass is 244 g/mol. The first kappa shape index (κ1) is 14.1. The standard InChI is InChI=1S/C11H12N2O3.Na.H/c12-11(14)13(15)6-5-8-7-16-10-4-2-1-3-9(8)10;;/h1-4,7,15H,5-6H2,(H2,12,14);;/q;+1;-1. The summed E-state index contributed by atoms with van der Waals surface area (Å²) < 4.78 is 5.33. The Bertz CT molecular complexity index is 518. The molecular formula is C11H13N2NaO3. The number of primary amides is 1. The zero-order valence-electron chi connectivity index (χ0n) is 10.6. The summed E-state index contributed by atoms with van der Waals surface area (Å²) in [5, 5.41) is 10.6. The third-order valence-corrected chi connectivity index (χ3v) is 2.41. The van der Waals surface area contributed by atoms with E-state index in [1.165, 1.54) is 0 Å². The SMILES string of the molecule is NC(=O)N(O)CCc1coc2ccccc12.[H-].[Na+]. The Hall–Kier alpha value is -1.01. The van der Waals surface area contributed by atoms with Crippen molar-refractivity contribution in [2.45, 2.75) is 6.42 Å². The number of benzene rings is 1. The minimum absolute atomic E-state index is 0. The molecule has 0 unspecified atom stereocenters. The summed E-state index contributed by atoms with van der Waals surface area (Å²) >= 11 is 0. The van der Waals surface area contributed by atoms with E-state index in [1.54, 1.807) is 6.26 Å². The maximum Gasteiger partial charge on any atom is 1.00 e. The van der Waals surface area contributed by atoms with Crippen molar-refractivity contribution in [1.29, 1.82) is 0 Å². The van der Waals surface area contributed by atoms with Crippen LogP contribution in [-0.4, -0.2) is 22.8 Å². The van der Waals surface area contributed by atoms with Crippen molar-refractivity contribution in [2.75, 3.05) is 6.54 Å². The largest absolute Gasteiger partial charge is 1.00 e. The van der Waals surface area contributed by atoms with E-state index < -0.39 is 6.03 Å². The predicted molar refractivity (Wildman–Crippen MR) is 59.1 cm³/mol. The molecule has 1 aromatic heterocycles. The molecule has 1 heterocycles. The molecule has 0 saturated heterocycles. The van der Waals surface area contributed by atoms with Crippen molar-refractivity contribution in [2.24, 2.45) is 5.73 Å². The van der Waals surface area contributed by atoms with E-state index in [9.17, 15) is 4.79 Å². The Balaban J connectivity index is 0.00000144. The maximum atomic E-state index is 10.6. The van der Waals surface area contributed by atoms with Crippen molar-refractivity contribution in [3.8, 4) is 0 Å². The minimum Gasteiger partial charge on any atom is -1.00 e. The fourth-order valence-corrected chi connectivity index (χ4v) is 1.56. The van der Waals surface area contributed by atoms with Crippen LogP contribution in [0, 0.1) is 0 Å². The fourth-order valence-electron chi connectivity index (χ4n) is 1.56. The topological polar surface area (TPSA) is 79.7 Å². The molecule has 2 aromatic rings. The number of furan rings is 1. The van der Waals surface area contributed by atoms with Crippen LogP contribution in [0.3, 0.4) is 0 Å². The Morgan fingerprint density at radius 2 is 2.18 bits per heavy atom. The van der Waals surface area contributed by atoms with E-state index in [0.29, 0.717) is 11.5 Å². The third kappa shape index (κ3) is 3.23. The average molecular weight is 244 g/mol. The van der Waals surface area contributed by atoms with Crippen molar-refractivity contribution < 1.29 is 45.4 Å². The van der Waals surface area contributed by atoms with E-state index >= 15 is 0 Å².